The lowest BCUT2D eigenvalue weighted by atomic mass is 10.2. The number of aromatic nitrogens is 5. The van der Waals surface area contributed by atoms with Crippen molar-refractivity contribution in [2.45, 2.75) is 18.6 Å². The third-order valence-corrected chi connectivity index (χ3v) is 3.81. The molecule has 0 aliphatic rings. The number of alkyl halides is 5. The van der Waals surface area contributed by atoms with Gasteiger partial charge in [0.1, 0.15) is 23.2 Å². The van der Waals surface area contributed by atoms with Crippen molar-refractivity contribution in [1.82, 2.24) is 24.5 Å². The lowest BCUT2D eigenvalue weighted by Crippen LogP contribution is -2.34. The van der Waals surface area contributed by atoms with Crippen molar-refractivity contribution in [2.24, 2.45) is 0 Å². The lowest BCUT2D eigenvalue weighted by molar-refractivity contribution is -0.141. The van der Waals surface area contributed by atoms with Crippen molar-refractivity contribution in [3.8, 4) is 0 Å². The fraction of sp³-hybridized carbons (Fsp3) is 0.333. The Morgan fingerprint density at radius 2 is 1.89 bits per heavy atom. The normalized spacial score (nSPS) is 13.3. The number of aromatic amines is 1. The zero-order valence-electron chi connectivity index (χ0n) is 14.0. The molecule has 0 aromatic carbocycles. The molecule has 1 N–H and O–H groups in total. The van der Waals surface area contributed by atoms with E-state index >= 15 is 0 Å². The van der Waals surface area contributed by atoms with Crippen molar-refractivity contribution >= 4 is 16.9 Å². The highest BCUT2D eigenvalue weighted by Crippen LogP contribution is 2.32. The Morgan fingerprint density at radius 1 is 1.19 bits per heavy atom. The van der Waals surface area contributed by atoms with Crippen LogP contribution in [0, 0.1) is 0 Å². The fourth-order valence-corrected chi connectivity index (χ4v) is 2.66. The van der Waals surface area contributed by atoms with Gasteiger partial charge in [-0.3, -0.25) is 4.57 Å². The number of imidazole rings is 1. The first-order valence-corrected chi connectivity index (χ1v) is 7.56. The molecule has 0 amide bonds. The molecule has 27 heavy (non-hydrogen) atoms. The molecule has 0 unspecified atom stereocenters. The fourth-order valence-electron chi connectivity index (χ4n) is 2.66. The molecule has 3 heterocycles. The molecule has 0 fully saturated rings. The van der Waals surface area contributed by atoms with E-state index in [1.165, 1.54) is 19.0 Å². The number of hydrogen-bond acceptors (Lipinski definition) is 5. The molecule has 0 saturated carbocycles. The standard InChI is InChI=1S/C15H13F5N6O/c1-25(2)12-7-3-4-9(15(18,19)20)23-13(7)26(14(27)24-12)10(11(16)17)8-5-21-6-22-8/h3-6,10-11H,1-2H3,(H,21,22)/t10-/m1/s1. The zero-order chi connectivity index (χ0) is 19.9. The lowest BCUT2D eigenvalue weighted by Gasteiger charge is -2.22. The quantitative estimate of drug-likeness (QED) is 0.695. The summed E-state index contributed by atoms with van der Waals surface area (Å²) in [5.41, 5.74) is -3.26. The van der Waals surface area contributed by atoms with E-state index in [9.17, 15) is 26.7 Å². The number of pyridine rings is 1. The van der Waals surface area contributed by atoms with Gasteiger partial charge in [0, 0.05) is 20.3 Å². The SMILES string of the molecule is CN(C)c1nc(=O)n([C@H](c2c[nH]cn2)C(F)F)c2nc(C(F)(F)F)ccc12. The molecule has 0 bridgehead atoms. The summed E-state index contributed by atoms with van der Waals surface area (Å²) in [6, 6.07) is -0.195. The van der Waals surface area contributed by atoms with Crippen LogP contribution in [0.3, 0.4) is 0 Å². The van der Waals surface area contributed by atoms with Crippen LogP contribution in [-0.2, 0) is 6.18 Å². The largest absolute Gasteiger partial charge is 0.433 e. The maximum Gasteiger partial charge on any atom is 0.433 e. The van der Waals surface area contributed by atoms with Crippen LogP contribution in [0.1, 0.15) is 17.4 Å². The van der Waals surface area contributed by atoms with E-state index in [1.807, 2.05) is 0 Å². The Labute approximate surface area is 148 Å². The summed E-state index contributed by atoms with van der Waals surface area (Å²) in [7, 11) is 3.03. The van der Waals surface area contributed by atoms with Gasteiger partial charge in [-0.05, 0) is 12.1 Å². The van der Waals surface area contributed by atoms with E-state index in [0.717, 1.165) is 18.6 Å². The van der Waals surface area contributed by atoms with Gasteiger partial charge in [-0.15, -0.1) is 0 Å². The molecule has 3 aromatic rings. The molecule has 0 radical (unpaired) electrons. The zero-order valence-corrected chi connectivity index (χ0v) is 14.0. The molecular formula is C15H13F5N6O. The van der Waals surface area contributed by atoms with Crippen molar-refractivity contribution in [3.05, 3.63) is 46.5 Å². The Balaban J connectivity index is 2.42. The molecule has 3 aromatic heterocycles. The molecule has 0 aliphatic heterocycles. The highest BCUT2D eigenvalue weighted by atomic mass is 19.4. The Morgan fingerprint density at radius 3 is 2.41 bits per heavy atom. The number of halogens is 5. The average Bonchev–Trinajstić information content (AvgIpc) is 3.09. The number of anilines is 1. The average molecular weight is 388 g/mol. The molecule has 7 nitrogen and oxygen atoms in total. The molecule has 3 rings (SSSR count). The number of H-pyrrole nitrogens is 1. The van der Waals surface area contributed by atoms with Crippen LogP contribution in [0.4, 0.5) is 27.8 Å². The smallest absolute Gasteiger partial charge is 0.362 e. The van der Waals surface area contributed by atoms with E-state index in [2.05, 4.69) is 19.9 Å². The summed E-state index contributed by atoms with van der Waals surface area (Å²) in [6.07, 6.45) is -5.71. The summed E-state index contributed by atoms with van der Waals surface area (Å²) in [6.45, 7) is 0. The van der Waals surface area contributed by atoms with Crippen LogP contribution < -0.4 is 10.6 Å². The number of nitrogens with one attached hydrogen (secondary N) is 1. The van der Waals surface area contributed by atoms with Crippen LogP contribution in [0.15, 0.2) is 29.5 Å². The van der Waals surface area contributed by atoms with Crippen molar-refractivity contribution < 1.29 is 22.0 Å². The van der Waals surface area contributed by atoms with Gasteiger partial charge in [0.05, 0.1) is 17.4 Å². The Hall–Kier alpha value is -3.05. The summed E-state index contributed by atoms with van der Waals surface area (Å²) >= 11 is 0. The van der Waals surface area contributed by atoms with Crippen LogP contribution in [-0.4, -0.2) is 45.0 Å². The first-order chi connectivity index (χ1) is 12.6. The first-order valence-electron chi connectivity index (χ1n) is 7.56. The molecule has 0 saturated heterocycles. The second-order valence-electron chi connectivity index (χ2n) is 5.82. The number of hydrogen-bond donors (Lipinski definition) is 1. The third-order valence-electron chi connectivity index (χ3n) is 3.81. The van der Waals surface area contributed by atoms with Crippen LogP contribution in [0.5, 0.6) is 0 Å². The summed E-state index contributed by atoms with van der Waals surface area (Å²) in [4.78, 5) is 27.3. The minimum absolute atomic E-state index is 0.0162. The molecule has 0 aliphatic carbocycles. The molecular weight excluding hydrogens is 375 g/mol. The second kappa shape index (κ2) is 6.59. The van der Waals surface area contributed by atoms with E-state index in [-0.39, 0.29) is 16.9 Å². The van der Waals surface area contributed by atoms with Crippen LogP contribution >= 0.6 is 0 Å². The van der Waals surface area contributed by atoms with Crippen LogP contribution in [0.2, 0.25) is 0 Å². The van der Waals surface area contributed by atoms with Crippen LogP contribution in [0.25, 0.3) is 11.0 Å². The molecule has 144 valence electrons. The summed E-state index contributed by atoms with van der Waals surface area (Å²) < 4.78 is 67.2. The minimum atomic E-state index is -4.82. The van der Waals surface area contributed by atoms with E-state index in [4.69, 9.17) is 0 Å². The minimum Gasteiger partial charge on any atom is -0.362 e. The summed E-state index contributed by atoms with van der Waals surface area (Å²) in [5.74, 6) is 0.0162. The molecule has 0 spiro atoms. The topological polar surface area (TPSA) is 79.7 Å². The second-order valence-corrected chi connectivity index (χ2v) is 5.82. The van der Waals surface area contributed by atoms with E-state index in [1.54, 1.807) is 0 Å². The Kier molecular flexibility index (Phi) is 4.57. The van der Waals surface area contributed by atoms with E-state index in [0.29, 0.717) is 10.6 Å². The predicted molar refractivity (Wildman–Crippen MR) is 85.9 cm³/mol. The van der Waals surface area contributed by atoms with E-state index < -0.39 is 35.7 Å². The molecule has 12 heteroatoms. The highest BCUT2D eigenvalue weighted by molar-refractivity contribution is 5.87. The first kappa shape index (κ1) is 18.7. The predicted octanol–water partition coefficient (Wildman–Crippen LogP) is 2.45. The third kappa shape index (κ3) is 3.34. The van der Waals surface area contributed by atoms with Gasteiger partial charge in [0.2, 0.25) is 0 Å². The van der Waals surface area contributed by atoms with Gasteiger partial charge in [-0.2, -0.15) is 18.2 Å². The highest BCUT2D eigenvalue weighted by Gasteiger charge is 2.35. The van der Waals surface area contributed by atoms with Gasteiger partial charge in [0.15, 0.2) is 0 Å². The van der Waals surface area contributed by atoms with Crippen molar-refractivity contribution in [1.29, 1.82) is 0 Å². The van der Waals surface area contributed by atoms with Crippen molar-refractivity contribution in [3.63, 3.8) is 0 Å². The molecule has 1 atom stereocenters. The maximum absolute atomic E-state index is 13.7. The maximum atomic E-state index is 13.7. The van der Waals surface area contributed by atoms with Gasteiger partial charge < -0.3 is 9.88 Å². The number of fused-ring (bicyclic) bond motifs is 1. The Bertz CT molecular complexity index is 1010. The van der Waals surface area contributed by atoms with Gasteiger partial charge >= 0.3 is 11.9 Å². The van der Waals surface area contributed by atoms with Crippen molar-refractivity contribution in [2.75, 3.05) is 19.0 Å². The summed E-state index contributed by atoms with van der Waals surface area (Å²) in [5, 5.41) is 0.0220. The monoisotopic (exact) mass is 388 g/mol. The number of rotatable bonds is 4. The number of nitrogens with zero attached hydrogens (tertiary/aromatic N) is 5. The van der Waals surface area contributed by atoms with Gasteiger partial charge in [-0.25, -0.2) is 23.5 Å². The van der Waals surface area contributed by atoms with Gasteiger partial charge in [-0.1, -0.05) is 0 Å². The van der Waals surface area contributed by atoms with Gasteiger partial charge in [0.25, 0.3) is 6.43 Å².